The number of halogens is 1. The van der Waals surface area contributed by atoms with Crippen LogP contribution in [-0.2, 0) is 20.8 Å². The molecule has 5 rings (SSSR count). The van der Waals surface area contributed by atoms with E-state index in [1.807, 2.05) is 0 Å². The summed E-state index contributed by atoms with van der Waals surface area (Å²) in [6.07, 6.45) is -11.7. The van der Waals surface area contributed by atoms with Gasteiger partial charge in [-0.2, -0.15) is 4.98 Å². The number of hydrogen-bond acceptors (Lipinski definition) is 14. The Balaban J connectivity index is 1.37. The first-order valence-electron chi connectivity index (χ1n) is 12.6. The van der Waals surface area contributed by atoms with Crippen molar-refractivity contribution in [3.8, 4) is 0 Å². The number of aliphatic hydroxyl groups is 7. The molecule has 222 valence electrons. The van der Waals surface area contributed by atoms with Crippen LogP contribution in [-0.4, -0.2) is 131 Å². The molecular weight excluding hydrogens is 541 g/mol. The molecule has 0 saturated carbocycles. The second kappa shape index (κ2) is 11.4. The number of hydrogen-bond donors (Lipinski definition) is 10. The zero-order valence-corrected chi connectivity index (χ0v) is 20.9. The standard InChI is InChI=1S/C23H32FN5O11/c24-13-14(33)10(5-30)38-21(13)29-4-7(12-19(29)27-23(25)28-20(12)37)3-26-8-1-2-9(32)18(8)40-22-17(36)16(35)15(34)11(6-31)39-22/h1-2,4,8-11,13-18,21-22,26,30-36H,3,5-6H2,(H3,25,27,28,37)/t8?,9?,10-,11?,13+,14?,15?,16?,17?,18?,21-,22?/m1/s1. The number of rotatable bonds is 8. The van der Waals surface area contributed by atoms with Crippen LogP contribution in [0.2, 0.25) is 0 Å². The molecule has 0 amide bonds. The number of ether oxygens (including phenoxy) is 3. The Morgan fingerprint density at radius 1 is 1.05 bits per heavy atom. The molecular formula is C23H32FN5O11. The molecule has 3 aliphatic rings. The molecule has 2 aliphatic heterocycles. The molecule has 9 unspecified atom stereocenters. The first-order valence-corrected chi connectivity index (χ1v) is 12.6. The molecule has 17 heteroatoms. The van der Waals surface area contributed by atoms with E-state index in [2.05, 4.69) is 15.3 Å². The molecule has 0 spiro atoms. The predicted molar refractivity (Wildman–Crippen MR) is 131 cm³/mol. The lowest BCUT2D eigenvalue weighted by Gasteiger charge is -2.41. The Morgan fingerprint density at radius 3 is 2.42 bits per heavy atom. The fourth-order valence-corrected chi connectivity index (χ4v) is 5.23. The average molecular weight is 574 g/mol. The fraction of sp³-hybridized carbons (Fsp3) is 0.652. The Morgan fingerprint density at radius 2 is 1.75 bits per heavy atom. The minimum Gasteiger partial charge on any atom is -0.394 e. The lowest BCUT2D eigenvalue weighted by molar-refractivity contribution is -0.315. The molecule has 0 radical (unpaired) electrons. The van der Waals surface area contributed by atoms with Gasteiger partial charge in [0, 0.05) is 12.7 Å². The first kappa shape index (κ1) is 29.0. The molecule has 1 aliphatic carbocycles. The van der Waals surface area contributed by atoms with Gasteiger partial charge in [0.05, 0.1) is 24.6 Å². The summed E-state index contributed by atoms with van der Waals surface area (Å²) >= 11 is 0. The van der Waals surface area contributed by atoms with E-state index in [0.29, 0.717) is 5.56 Å². The van der Waals surface area contributed by atoms with Gasteiger partial charge in [-0.25, -0.2) is 4.39 Å². The van der Waals surface area contributed by atoms with Crippen LogP contribution in [0.4, 0.5) is 10.3 Å². The van der Waals surface area contributed by atoms with Crippen molar-refractivity contribution in [1.29, 1.82) is 0 Å². The highest BCUT2D eigenvalue weighted by Crippen LogP contribution is 2.35. The van der Waals surface area contributed by atoms with E-state index in [-0.39, 0.29) is 23.5 Å². The summed E-state index contributed by atoms with van der Waals surface area (Å²) in [7, 11) is 0. The molecule has 0 bridgehead atoms. The van der Waals surface area contributed by atoms with Crippen molar-refractivity contribution >= 4 is 17.0 Å². The van der Waals surface area contributed by atoms with Gasteiger partial charge in [-0.1, -0.05) is 12.2 Å². The van der Waals surface area contributed by atoms with E-state index in [1.54, 1.807) is 6.08 Å². The second-order valence-corrected chi connectivity index (χ2v) is 9.97. The summed E-state index contributed by atoms with van der Waals surface area (Å²) in [6, 6.07) is -0.723. The summed E-state index contributed by atoms with van der Waals surface area (Å²) in [5, 5.41) is 72.9. The van der Waals surface area contributed by atoms with Crippen molar-refractivity contribution in [2.75, 3.05) is 18.9 Å². The predicted octanol–water partition coefficient (Wildman–Crippen LogP) is -4.53. The first-order chi connectivity index (χ1) is 19.0. The molecule has 2 saturated heterocycles. The smallest absolute Gasteiger partial charge is 0.262 e. The van der Waals surface area contributed by atoms with Crippen molar-refractivity contribution in [2.45, 2.75) is 80.1 Å². The van der Waals surface area contributed by atoms with Crippen molar-refractivity contribution in [2.24, 2.45) is 0 Å². The van der Waals surface area contributed by atoms with Gasteiger partial charge in [-0.05, 0) is 5.56 Å². The van der Waals surface area contributed by atoms with Gasteiger partial charge in [0.2, 0.25) is 5.95 Å². The number of alkyl halides is 1. The summed E-state index contributed by atoms with van der Waals surface area (Å²) < 4.78 is 32.7. The van der Waals surface area contributed by atoms with Crippen LogP contribution in [0, 0.1) is 0 Å². The average Bonchev–Trinajstić information content (AvgIpc) is 3.56. The number of nitrogen functional groups attached to an aromatic ring is 1. The SMILES string of the molecule is Nc1nc2c(c(CNC3C=CC(O)C3OC3OC(CO)C(O)C(O)C3O)cn2[C@@H]2O[C@H](CO)C(O)[C@@H]2F)c(=O)[nH]1. The van der Waals surface area contributed by atoms with Crippen LogP contribution in [0.5, 0.6) is 0 Å². The van der Waals surface area contributed by atoms with Gasteiger partial charge in [0.15, 0.2) is 24.3 Å². The molecule has 12 atom stereocenters. The van der Waals surface area contributed by atoms with Crippen LogP contribution in [0.3, 0.4) is 0 Å². The van der Waals surface area contributed by atoms with Gasteiger partial charge in [0.25, 0.3) is 5.56 Å². The van der Waals surface area contributed by atoms with Gasteiger partial charge in [-0.3, -0.25) is 9.78 Å². The van der Waals surface area contributed by atoms with E-state index in [4.69, 9.17) is 19.9 Å². The molecule has 4 heterocycles. The highest BCUT2D eigenvalue weighted by atomic mass is 19.1. The molecule has 2 fully saturated rings. The number of fused-ring (bicyclic) bond motifs is 1. The minimum absolute atomic E-state index is 0.0207. The molecule has 0 aromatic carbocycles. The number of H-pyrrole nitrogens is 1. The number of aromatic amines is 1. The number of anilines is 1. The van der Waals surface area contributed by atoms with Gasteiger partial charge >= 0.3 is 0 Å². The number of nitrogens with two attached hydrogens (primary N) is 1. The maximum Gasteiger partial charge on any atom is 0.262 e. The molecule has 11 N–H and O–H groups in total. The van der Waals surface area contributed by atoms with Crippen LogP contribution in [0.1, 0.15) is 11.8 Å². The Hall–Kier alpha value is -2.55. The zero-order chi connectivity index (χ0) is 28.9. The molecule has 40 heavy (non-hydrogen) atoms. The van der Waals surface area contributed by atoms with Crippen LogP contribution < -0.4 is 16.6 Å². The summed E-state index contributed by atoms with van der Waals surface area (Å²) in [5.41, 5.74) is 5.39. The lowest BCUT2D eigenvalue weighted by atomic mass is 9.99. The zero-order valence-electron chi connectivity index (χ0n) is 20.9. The Labute approximate surface area is 225 Å². The van der Waals surface area contributed by atoms with Crippen molar-refractivity contribution in [3.05, 3.63) is 34.3 Å². The maximum atomic E-state index is 14.9. The van der Waals surface area contributed by atoms with E-state index in [9.17, 15) is 44.9 Å². The van der Waals surface area contributed by atoms with Gasteiger partial charge in [0.1, 0.15) is 48.8 Å². The normalized spacial score (nSPS) is 39.9. The quantitative estimate of drug-likeness (QED) is 0.134. The van der Waals surface area contributed by atoms with Gasteiger partial charge < -0.3 is 65.6 Å². The third-order valence-corrected chi connectivity index (χ3v) is 7.40. The molecule has 2 aromatic rings. The lowest BCUT2D eigenvalue weighted by Crippen LogP contribution is -2.60. The monoisotopic (exact) mass is 573 g/mol. The van der Waals surface area contributed by atoms with Crippen LogP contribution in [0.15, 0.2) is 23.1 Å². The van der Waals surface area contributed by atoms with Crippen LogP contribution in [0.25, 0.3) is 11.0 Å². The summed E-state index contributed by atoms with van der Waals surface area (Å²) in [5.74, 6) is -0.237. The highest BCUT2D eigenvalue weighted by Gasteiger charge is 2.47. The maximum absolute atomic E-state index is 14.9. The topological polar surface area (TPSA) is 258 Å². The third-order valence-electron chi connectivity index (χ3n) is 7.40. The fourth-order valence-electron chi connectivity index (χ4n) is 5.23. The van der Waals surface area contributed by atoms with Crippen molar-refractivity contribution < 1.29 is 54.3 Å². The van der Waals surface area contributed by atoms with Gasteiger partial charge in [-0.15, -0.1) is 0 Å². The van der Waals surface area contributed by atoms with Crippen molar-refractivity contribution in [1.82, 2.24) is 19.9 Å². The highest BCUT2D eigenvalue weighted by molar-refractivity contribution is 5.80. The van der Waals surface area contributed by atoms with E-state index in [0.717, 1.165) is 0 Å². The van der Waals surface area contributed by atoms with Crippen LogP contribution >= 0.6 is 0 Å². The molecule has 16 nitrogen and oxygen atoms in total. The Kier molecular flexibility index (Phi) is 8.24. The molecule has 2 aromatic heterocycles. The summed E-state index contributed by atoms with van der Waals surface area (Å²) in [6.45, 7) is -1.34. The van der Waals surface area contributed by atoms with E-state index >= 15 is 0 Å². The number of aliphatic hydroxyl groups excluding tert-OH is 7. The van der Waals surface area contributed by atoms with E-state index in [1.165, 1.54) is 16.8 Å². The summed E-state index contributed by atoms with van der Waals surface area (Å²) in [4.78, 5) is 19.3. The Bertz CT molecular complexity index is 1290. The largest absolute Gasteiger partial charge is 0.394 e. The number of aromatic nitrogens is 3. The number of nitrogens with zero attached hydrogens (tertiary/aromatic N) is 2. The van der Waals surface area contributed by atoms with Crippen molar-refractivity contribution in [3.63, 3.8) is 0 Å². The minimum atomic E-state index is -1.94. The van der Waals surface area contributed by atoms with E-state index < -0.39 is 92.3 Å². The number of nitrogens with one attached hydrogen (secondary N) is 2. The second-order valence-electron chi connectivity index (χ2n) is 9.97. The third kappa shape index (κ3) is 5.03.